The molecular formula is C18H18ClN3O. The van der Waals surface area contributed by atoms with Crippen LogP contribution >= 0.6 is 11.6 Å². The number of hydrogen-bond donors (Lipinski definition) is 1. The van der Waals surface area contributed by atoms with Crippen LogP contribution in [0.2, 0.25) is 5.02 Å². The highest BCUT2D eigenvalue weighted by atomic mass is 35.5. The second kappa shape index (κ2) is 7.51. The van der Waals surface area contributed by atoms with Gasteiger partial charge in [0.2, 0.25) is 0 Å². The van der Waals surface area contributed by atoms with E-state index in [0.717, 1.165) is 22.0 Å². The molecule has 0 aliphatic carbocycles. The summed E-state index contributed by atoms with van der Waals surface area (Å²) in [5.74, 6) is 0. The van der Waals surface area contributed by atoms with Crippen LogP contribution in [0.1, 0.15) is 11.1 Å². The predicted octanol–water partition coefficient (Wildman–Crippen LogP) is 3.28. The molecular weight excluding hydrogens is 310 g/mol. The first-order chi connectivity index (χ1) is 11.3. The number of nitrogens with zero attached hydrogens (tertiary/aromatic N) is 3. The van der Waals surface area contributed by atoms with Gasteiger partial charge in [0, 0.05) is 54.2 Å². The van der Waals surface area contributed by atoms with E-state index >= 15 is 0 Å². The number of aliphatic hydroxyl groups excluding tert-OH is 1. The summed E-state index contributed by atoms with van der Waals surface area (Å²) < 4.78 is 0. The van der Waals surface area contributed by atoms with Gasteiger partial charge >= 0.3 is 0 Å². The van der Waals surface area contributed by atoms with E-state index in [9.17, 15) is 5.11 Å². The monoisotopic (exact) mass is 327 g/mol. The number of hydrogen-bond acceptors (Lipinski definition) is 4. The molecule has 3 aromatic rings. The largest absolute Gasteiger partial charge is 0.395 e. The lowest BCUT2D eigenvalue weighted by molar-refractivity contribution is 0.184. The number of aliphatic hydroxyl groups is 1. The second-order valence-electron chi connectivity index (χ2n) is 5.40. The van der Waals surface area contributed by atoms with Gasteiger partial charge in [0.1, 0.15) is 0 Å². The predicted molar refractivity (Wildman–Crippen MR) is 92.2 cm³/mol. The molecule has 118 valence electrons. The molecule has 23 heavy (non-hydrogen) atoms. The summed E-state index contributed by atoms with van der Waals surface area (Å²) in [5.41, 5.74) is 3.00. The van der Waals surface area contributed by atoms with Gasteiger partial charge in [-0.1, -0.05) is 29.8 Å². The fraction of sp³-hybridized carbons (Fsp3) is 0.222. The highest BCUT2D eigenvalue weighted by Crippen LogP contribution is 2.26. The van der Waals surface area contributed by atoms with Gasteiger partial charge in [0.15, 0.2) is 0 Å². The molecule has 3 rings (SSSR count). The lowest BCUT2D eigenvalue weighted by atomic mass is 10.1. The van der Waals surface area contributed by atoms with E-state index in [1.165, 1.54) is 0 Å². The third-order valence-corrected chi connectivity index (χ3v) is 4.10. The zero-order valence-electron chi connectivity index (χ0n) is 12.7. The molecule has 0 spiro atoms. The van der Waals surface area contributed by atoms with E-state index in [1.54, 1.807) is 12.4 Å². The average Bonchev–Trinajstić information content (AvgIpc) is 2.58. The first-order valence-electron chi connectivity index (χ1n) is 7.52. The molecule has 0 bridgehead atoms. The van der Waals surface area contributed by atoms with Crippen LogP contribution in [0.15, 0.2) is 55.0 Å². The van der Waals surface area contributed by atoms with Crippen molar-refractivity contribution in [2.45, 2.75) is 13.1 Å². The molecule has 0 fully saturated rings. The number of benzene rings is 1. The van der Waals surface area contributed by atoms with Crippen LogP contribution in [0, 0.1) is 0 Å². The van der Waals surface area contributed by atoms with E-state index in [1.807, 2.05) is 42.6 Å². The molecule has 2 aromatic heterocycles. The maximum Gasteiger partial charge on any atom is 0.0761 e. The van der Waals surface area contributed by atoms with Crippen LogP contribution < -0.4 is 0 Å². The first kappa shape index (κ1) is 15.9. The summed E-state index contributed by atoms with van der Waals surface area (Å²) in [7, 11) is 0. The summed E-state index contributed by atoms with van der Waals surface area (Å²) in [6.45, 7) is 1.99. The van der Waals surface area contributed by atoms with Crippen molar-refractivity contribution in [1.82, 2.24) is 14.9 Å². The van der Waals surface area contributed by atoms with Crippen molar-refractivity contribution in [1.29, 1.82) is 0 Å². The molecule has 4 nitrogen and oxygen atoms in total. The molecule has 0 unspecified atom stereocenters. The molecule has 0 aliphatic heterocycles. The maximum atomic E-state index is 9.37. The van der Waals surface area contributed by atoms with Gasteiger partial charge in [-0.15, -0.1) is 0 Å². The molecule has 0 saturated carbocycles. The number of pyridine rings is 2. The van der Waals surface area contributed by atoms with Gasteiger partial charge < -0.3 is 5.11 Å². The molecule has 5 heteroatoms. The van der Waals surface area contributed by atoms with Gasteiger partial charge in [0.05, 0.1) is 12.1 Å². The highest BCUT2D eigenvalue weighted by molar-refractivity contribution is 6.32. The van der Waals surface area contributed by atoms with E-state index in [0.29, 0.717) is 24.7 Å². The molecule has 0 saturated heterocycles. The quantitative estimate of drug-likeness (QED) is 0.755. The Balaban J connectivity index is 1.89. The third kappa shape index (κ3) is 3.85. The minimum absolute atomic E-state index is 0.0933. The number of halogens is 1. The Morgan fingerprint density at radius 1 is 1.04 bits per heavy atom. The molecule has 0 amide bonds. The lowest BCUT2D eigenvalue weighted by Crippen LogP contribution is -2.26. The van der Waals surface area contributed by atoms with Crippen molar-refractivity contribution in [3.63, 3.8) is 0 Å². The van der Waals surface area contributed by atoms with Crippen molar-refractivity contribution >= 4 is 22.5 Å². The summed E-state index contributed by atoms with van der Waals surface area (Å²) in [6, 6.07) is 11.8. The van der Waals surface area contributed by atoms with Crippen molar-refractivity contribution < 1.29 is 5.11 Å². The fourth-order valence-corrected chi connectivity index (χ4v) is 2.87. The standard InChI is InChI=1S/C18H18ClN3O/c19-17-6-5-15-4-2-8-21-18(15)16(17)13-22(9-10-23)12-14-3-1-7-20-11-14/h1-8,11,23H,9-10,12-13H2. The second-order valence-corrected chi connectivity index (χ2v) is 5.80. The van der Waals surface area contributed by atoms with E-state index in [2.05, 4.69) is 14.9 Å². The summed E-state index contributed by atoms with van der Waals surface area (Å²) in [6.07, 6.45) is 5.37. The van der Waals surface area contributed by atoms with E-state index in [-0.39, 0.29) is 6.61 Å². The smallest absolute Gasteiger partial charge is 0.0761 e. The van der Waals surface area contributed by atoms with E-state index in [4.69, 9.17) is 11.6 Å². The number of aromatic nitrogens is 2. The minimum Gasteiger partial charge on any atom is -0.395 e. The van der Waals surface area contributed by atoms with Gasteiger partial charge in [-0.25, -0.2) is 0 Å². The normalized spacial score (nSPS) is 11.3. The average molecular weight is 328 g/mol. The Hall–Kier alpha value is -2.01. The van der Waals surface area contributed by atoms with Crippen LogP contribution in [0.5, 0.6) is 0 Å². The zero-order valence-corrected chi connectivity index (χ0v) is 13.4. The Bertz CT molecular complexity index is 780. The van der Waals surface area contributed by atoms with Crippen molar-refractivity contribution in [3.8, 4) is 0 Å². The van der Waals surface area contributed by atoms with Crippen molar-refractivity contribution in [2.24, 2.45) is 0 Å². The van der Waals surface area contributed by atoms with Crippen LogP contribution in [-0.2, 0) is 13.1 Å². The van der Waals surface area contributed by atoms with Gasteiger partial charge in [-0.3, -0.25) is 14.9 Å². The molecule has 0 aliphatic rings. The molecule has 2 heterocycles. The van der Waals surface area contributed by atoms with Crippen LogP contribution in [0.25, 0.3) is 10.9 Å². The van der Waals surface area contributed by atoms with Crippen molar-refractivity contribution in [2.75, 3.05) is 13.2 Å². The number of rotatable bonds is 6. The Morgan fingerprint density at radius 3 is 2.70 bits per heavy atom. The minimum atomic E-state index is 0.0933. The molecule has 0 radical (unpaired) electrons. The highest BCUT2D eigenvalue weighted by Gasteiger charge is 2.13. The first-order valence-corrected chi connectivity index (χ1v) is 7.90. The Labute approximate surface area is 140 Å². The van der Waals surface area contributed by atoms with Gasteiger partial charge in [0.25, 0.3) is 0 Å². The SMILES string of the molecule is OCCN(Cc1cccnc1)Cc1c(Cl)ccc2cccnc12. The lowest BCUT2D eigenvalue weighted by Gasteiger charge is -2.22. The molecule has 1 N–H and O–H groups in total. The number of fused-ring (bicyclic) bond motifs is 1. The summed E-state index contributed by atoms with van der Waals surface area (Å²) in [5, 5.41) is 11.1. The van der Waals surface area contributed by atoms with Crippen LogP contribution in [0.3, 0.4) is 0 Å². The van der Waals surface area contributed by atoms with Crippen LogP contribution in [-0.4, -0.2) is 33.1 Å². The topological polar surface area (TPSA) is 49.2 Å². The van der Waals surface area contributed by atoms with Gasteiger partial charge in [-0.05, 0) is 23.8 Å². The van der Waals surface area contributed by atoms with Gasteiger partial charge in [-0.2, -0.15) is 0 Å². The summed E-state index contributed by atoms with van der Waals surface area (Å²) >= 11 is 6.41. The molecule has 1 aromatic carbocycles. The Kier molecular flexibility index (Phi) is 5.18. The maximum absolute atomic E-state index is 9.37. The summed E-state index contributed by atoms with van der Waals surface area (Å²) in [4.78, 5) is 10.8. The van der Waals surface area contributed by atoms with Crippen molar-refractivity contribution in [3.05, 3.63) is 71.1 Å². The van der Waals surface area contributed by atoms with Crippen LogP contribution in [0.4, 0.5) is 0 Å². The Morgan fingerprint density at radius 2 is 1.91 bits per heavy atom. The molecule has 0 atom stereocenters. The third-order valence-electron chi connectivity index (χ3n) is 3.75. The van der Waals surface area contributed by atoms with E-state index < -0.39 is 0 Å². The fourth-order valence-electron chi connectivity index (χ4n) is 2.66. The zero-order chi connectivity index (χ0) is 16.1.